The minimum Gasteiger partial charge on any atom is -0.354 e. The lowest BCUT2D eigenvalue weighted by Gasteiger charge is -2.31. The zero-order valence-electron chi connectivity index (χ0n) is 11.2. The largest absolute Gasteiger partial charge is 0.354 e. The summed E-state index contributed by atoms with van der Waals surface area (Å²) in [4.78, 5) is 13.8. The molecule has 0 atom stereocenters. The molecule has 0 saturated carbocycles. The monoisotopic (exact) mass is 252 g/mol. The van der Waals surface area contributed by atoms with Crippen LogP contribution >= 0.6 is 0 Å². The Bertz CT molecular complexity index is 279. The van der Waals surface area contributed by atoms with Gasteiger partial charge in [-0.3, -0.25) is 9.69 Å². The first-order valence-electron chi connectivity index (χ1n) is 6.77. The minimum atomic E-state index is 0.0407. The molecule has 0 aromatic carbocycles. The quantitative estimate of drug-likeness (QED) is 0.641. The van der Waals surface area contributed by atoms with Gasteiger partial charge < -0.3 is 10.6 Å². The lowest BCUT2D eigenvalue weighted by molar-refractivity contribution is -0.122. The second-order valence-electron chi connectivity index (χ2n) is 4.87. The average Bonchev–Trinajstić information content (AvgIpc) is 2.38. The van der Waals surface area contributed by atoms with Crippen molar-refractivity contribution in [1.82, 2.24) is 15.5 Å². The molecule has 0 spiro atoms. The van der Waals surface area contributed by atoms with Crippen LogP contribution in [0.2, 0.25) is 0 Å². The second kappa shape index (κ2) is 8.90. The Kier molecular flexibility index (Phi) is 7.38. The van der Waals surface area contributed by atoms with Crippen LogP contribution in [0.25, 0.3) is 0 Å². The topological polar surface area (TPSA) is 68.2 Å². The van der Waals surface area contributed by atoms with Crippen molar-refractivity contribution >= 4 is 5.91 Å². The normalized spacial score (nSPS) is 17.3. The molecule has 1 aliphatic heterocycles. The highest BCUT2D eigenvalue weighted by Crippen LogP contribution is 2.19. The van der Waals surface area contributed by atoms with Crippen molar-refractivity contribution < 1.29 is 4.79 Å². The smallest absolute Gasteiger partial charge is 0.234 e. The molecule has 0 aromatic rings. The van der Waals surface area contributed by atoms with Crippen molar-refractivity contribution in [3.05, 3.63) is 0 Å². The fourth-order valence-corrected chi connectivity index (χ4v) is 2.30. The molecule has 1 heterocycles. The molecule has 0 radical (unpaired) electrons. The molecule has 0 aliphatic carbocycles. The fraction of sp³-hybridized carbons (Fsp3) is 0.846. The molecule has 1 fully saturated rings. The number of nitrogens with one attached hydrogen (secondary N) is 2. The number of carbonyl (C=O) groups excluding carboxylic acids is 1. The summed E-state index contributed by atoms with van der Waals surface area (Å²) >= 11 is 0. The third-order valence-corrected chi connectivity index (χ3v) is 3.44. The van der Waals surface area contributed by atoms with E-state index in [0.29, 0.717) is 19.5 Å². The van der Waals surface area contributed by atoms with Gasteiger partial charge in [0.1, 0.15) is 0 Å². The molecule has 0 aromatic heterocycles. The van der Waals surface area contributed by atoms with Gasteiger partial charge in [0.25, 0.3) is 0 Å². The summed E-state index contributed by atoms with van der Waals surface area (Å²) in [6, 6.07) is 2.02. The third kappa shape index (κ3) is 5.99. The van der Waals surface area contributed by atoms with Crippen LogP contribution < -0.4 is 10.6 Å². The van der Waals surface area contributed by atoms with Crippen LogP contribution in [0.15, 0.2) is 0 Å². The highest BCUT2D eigenvalue weighted by molar-refractivity contribution is 5.78. The molecule has 0 bridgehead atoms. The average molecular weight is 252 g/mol. The lowest BCUT2D eigenvalue weighted by atomic mass is 9.93. The molecule has 1 amide bonds. The number of amides is 1. The van der Waals surface area contributed by atoms with Crippen molar-refractivity contribution in [3.63, 3.8) is 0 Å². The summed E-state index contributed by atoms with van der Waals surface area (Å²) in [6.45, 7) is 4.05. The first-order chi connectivity index (χ1) is 8.76. The van der Waals surface area contributed by atoms with Crippen LogP contribution in [0.1, 0.15) is 25.7 Å². The fourth-order valence-electron chi connectivity index (χ4n) is 2.30. The van der Waals surface area contributed by atoms with E-state index in [1.54, 1.807) is 0 Å². The summed E-state index contributed by atoms with van der Waals surface area (Å²) < 4.78 is 0. The van der Waals surface area contributed by atoms with E-state index in [2.05, 4.69) is 15.5 Å². The van der Waals surface area contributed by atoms with E-state index in [9.17, 15) is 4.79 Å². The van der Waals surface area contributed by atoms with Crippen LogP contribution in [0.4, 0.5) is 0 Å². The van der Waals surface area contributed by atoms with Crippen molar-refractivity contribution in [2.24, 2.45) is 5.92 Å². The van der Waals surface area contributed by atoms with Gasteiger partial charge >= 0.3 is 0 Å². The number of likely N-dealkylation sites (tertiary alicyclic amines) is 1. The number of rotatable bonds is 7. The molecule has 1 saturated heterocycles. The van der Waals surface area contributed by atoms with Gasteiger partial charge in [-0.1, -0.05) is 0 Å². The maximum Gasteiger partial charge on any atom is 0.234 e. The van der Waals surface area contributed by atoms with Crippen LogP contribution in [0.5, 0.6) is 0 Å². The maximum atomic E-state index is 11.6. The van der Waals surface area contributed by atoms with E-state index in [4.69, 9.17) is 5.26 Å². The zero-order chi connectivity index (χ0) is 13.2. The molecule has 0 unspecified atom stereocenters. The predicted molar refractivity (Wildman–Crippen MR) is 70.9 cm³/mol. The number of hydrogen-bond donors (Lipinski definition) is 2. The summed E-state index contributed by atoms with van der Waals surface area (Å²) in [5, 5.41) is 14.3. The Morgan fingerprint density at radius 1 is 1.39 bits per heavy atom. The SMILES string of the molecule is CNCCC1CCN(CC(=O)NCCC#N)CC1. The van der Waals surface area contributed by atoms with Crippen molar-refractivity contribution in [3.8, 4) is 6.07 Å². The summed E-state index contributed by atoms with van der Waals surface area (Å²) in [6.07, 6.45) is 4.00. The molecule has 1 rings (SSSR count). The number of carbonyl (C=O) groups is 1. The van der Waals surface area contributed by atoms with Gasteiger partial charge in [-0.15, -0.1) is 0 Å². The zero-order valence-corrected chi connectivity index (χ0v) is 11.2. The highest BCUT2D eigenvalue weighted by atomic mass is 16.2. The molecule has 5 heteroatoms. The van der Waals surface area contributed by atoms with Gasteiger partial charge in [0, 0.05) is 6.54 Å². The van der Waals surface area contributed by atoms with E-state index < -0.39 is 0 Å². The van der Waals surface area contributed by atoms with Crippen molar-refractivity contribution in [2.75, 3.05) is 39.8 Å². The molecule has 2 N–H and O–H groups in total. The van der Waals surface area contributed by atoms with Gasteiger partial charge in [-0.2, -0.15) is 5.26 Å². The van der Waals surface area contributed by atoms with Crippen LogP contribution in [0.3, 0.4) is 0 Å². The Morgan fingerprint density at radius 3 is 2.72 bits per heavy atom. The number of nitriles is 1. The molecule has 102 valence electrons. The Hall–Kier alpha value is -1.12. The first-order valence-corrected chi connectivity index (χ1v) is 6.77. The van der Waals surface area contributed by atoms with Crippen LogP contribution in [-0.4, -0.2) is 50.6 Å². The van der Waals surface area contributed by atoms with E-state index in [1.807, 2.05) is 13.1 Å². The van der Waals surface area contributed by atoms with Gasteiger partial charge in [0.15, 0.2) is 0 Å². The van der Waals surface area contributed by atoms with Crippen LogP contribution in [-0.2, 0) is 4.79 Å². The molecular weight excluding hydrogens is 228 g/mol. The third-order valence-electron chi connectivity index (χ3n) is 3.44. The minimum absolute atomic E-state index is 0.0407. The highest BCUT2D eigenvalue weighted by Gasteiger charge is 2.20. The van der Waals surface area contributed by atoms with Crippen molar-refractivity contribution in [1.29, 1.82) is 5.26 Å². The van der Waals surface area contributed by atoms with Crippen LogP contribution in [0, 0.1) is 17.2 Å². The maximum absolute atomic E-state index is 11.6. The van der Waals surface area contributed by atoms with E-state index >= 15 is 0 Å². The number of piperidine rings is 1. The Labute approximate surface area is 110 Å². The van der Waals surface area contributed by atoms with E-state index in [1.165, 1.54) is 19.3 Å². The van der Waals surface area contributed by atoms with E-state index in [-0.39, 0.29) is 5.91 Å². The summed E-state index contributed by atoms with van der Waals surface area (Å²) in [5.41, 5.74) is 0. The van der Waals surface area contributed by atoms with Gasteiger partial charge in [0.2, 0.25) is 5.91 Å². The Balaban J connectivity index is 2.11. The molecule has 18 heavy (non-hydrogen) atoms. The van der Waals surface area contributed by atoms with Gasteiger partial charge in [-0.25, -0.2) is 0 Å². The molecule has 1 aliphatic rings. The van der Waals surface area contributed by atoms with Gasteiger partial charge in [0.05, 0.1) is 19.0 Å². The molecular formula is C13H24N4O. The van der Waals surface area contributed by atoms with Gasteiger partial charge in [-0.05, 0) is 51.9 Å². The lowest BCUT2D eigenvalue weighted by Crippen LogP contribution is -2.42. The summed E-state index contributed by atoms with van der Waals surface area (Å²) in [7, 11) is 1.99. The second-order valence-corrected chi connectivity index (χ2v) is 4.87. The summed E-state index contributed by atoms with van der Waals surface area (Å²) in [5.74, 6) is 0.842. The standard InChI is InChI=1S/C13H24N4O/c1-15-8-3-12-4-9-17(10-5-12)11-13(18)16-7-2-6-14/h12,15H,2-5,7-11H2,1H3,(H,16,18). The van der Waals surface area contributed by atoms with E-state index in [0.717, 1.165) is 25.6 Å². The van der Waals surface area contributed by atoms with Crippen molar-refractivity contribution in [2.45, 2.75) is 25.7 Å². The predicted octanol–water partition coefficient (Wildman–Crippen LogP) is 0.338. The number of hydrogen-bond acceptors (Lipinski definition) is 4. The first kappa shape index (κ1) is 14.9. The Morgan fingerprint density at radius 2 is 2.11 bits per heavy atom. The number of nitrogens with zero attached hydrogens (tertiary/aromatic N) is 2. The molecule has 5 nitrogen and oxygen atoms in total.